The number of benzene rings is 11. The summed E-state index contributed by atoms with van der Waals surface area (Å²) < 4.78 is 4.88. The highest BCUT2D eigenvalue weighted by atomic mass is 15.1. The number of nitrogens with zero attached hydrogens (tertiary/aromatic N) is 4. The smallest absolute Gasteiger partial charge is 0.0542 e. The molecule has 350 valence electrons. The van der Waals surface area contributed by atoms with Gasteiger partial charge in [0.2, 0.25) is 0 Å². The van der Waals surface area contributed by atoms with Crippen LogP contribution in [-0.4, -0.2) is 9.13 Å². The summed E-state index contributed by atoms with van der Waals surface area (Å²) in [4.78, 5) is 4.63. The number of anilines is 6. The van der Waals surface area contributed by atoms with Crippen molar-refractivity contribution in [1.82, 2.24) is 9.13 Å². The number of rotatable bonds is 12. The zero-order chi connectivity index (χ0) is 49.2. The average molecular weight is 947 g/mol. The van der Waals surface area contributed by atoms with Crippen LogP contribution >= 0.6 is 0 Å². The van der Waals surface area contributed by atoms with E-state index in [9.17, 15) is 0 Å². The van der Waals surface area contributed by atoms with Crippen LogP contribution in [0.4, 0.5) is 34.1 Å². The van der Waals surface area contributed by atoms with Crippen LogP contribution in [0.25, 0.3) is 77.9 Å². The van der Waals surface area contributed by atoms with Crippen LogP contribution in [0.2, 0.25) is 0 Å². The van der Waals surface area contributed by atoms with Crippen LogP contribution in [0, 0.1) is 0 Å². The van der Waals surface area contributed by atoms with Crippen molar-refractivity contribution in [3.8, 4) is 56.1 Å². The van der Waals surface area contributed by atoms with Gasteiger partial charge in [0.1, 0.15) is 0 Å². The molecule has 0 fully saturated rings. The normalized spacial score (nSPS) is 11.2. The van der Waals surface area contributed by atoms with Gasteiger partial charge in [-0.25, -0.2) is 0 Å². The van der Waals surface area contributed by atoms with Gasteiger partial charge in [-0.2, -0.15) is 0 Å². The van der Waals surface area contributed by atoms with Gasteiger partial charge in [-0.1, -0.05) is 182 Å². The van der Waals surface area contributed by atoms with Crippen molar-refractivity contribution in [3.05, 3.63) is 303 Å². The zero-order valence-corrected chi connectivity index (χ0v) is 40.7. The average Bonchev–Trinajstić information content (AvgIpc) is 4.06. The van der Waals surface area contributed by atoms with E-state index in [1.54, 1.807) is 0 Å². The van der Waals surface area contributed by atoms with Gasteiger partial charge in [-0.15, -0.1) is 0 Å². The number of hydrogen-bond acceptors (Lipinski definition) is 2. The summed E-state index contributed by atoms with van der Waals surface area (Å²) in [6, 6.07) is 109. The first kappa shape index (κ1) is 44.1. The molecule has 0 saturated carbocycles. The monoisotopic (exact) mass is 946 g/mol. The van der Waals surface area contributed by atoms with E-state index < -0.39 is 0 Å². The van der Waals surface area contributed by atoms with E-state index >= 15 is 0 Å². The van der Waals surface area contributed by atoms with Crippen LogP contribution in [0.5, 0.6) is 0 Å². The van der Waals surface area contributed by atoms with Crippen LogP contribution < -0.4 is 9.80 Å². The lowest BCUT2D eigenvalue weighted by Gasteiger charge is -2.25. The predicted octanol–water partition coefficient (Wildman–Crippen LogP) is 19.2. The SMILES string of the molecule is c1ccc(-c2ccc(-c3cc4cc5c(cc(-c6ccc(-c7ccccc7)cc6)n5-c5ccc(N(c6ccccc6)c6ccccc6)cc5)cc4n3-c3ccc(N(c4ccccc4)c4ccccc4)cc3)cc2)cc1. The minimum Gasteiger partial charge on any atom is -0.311 e. The van der Waals surface area contributed by atoms with Crippen molar-refractivity contribution in [2.24, 2.45) is 0 Å². The molecule has 4 nitrogen and oxygen atoms in total. The molecule has 0 aliphatic heterocycles. The van der Waals surface area contributed by atoms with E-state index in [0.29, 0.717) is 0 Å². The Morgan fingerprint density at radius 3 is 0.743 bits per heavy atom. The lowest BCUT2D eigenvalue weighted by Crippen LogP contribution is -2.09. The molecule has 0 aliphatic carbocycles. The molecule has 2 heterocycles. The van der Waals surface area contributed by atoms with Crippen molar-refractivity contribution in [1.29, 1.82) is 0 Å². The van der Waals surface area contributed by atoms with Crippen LogP contribution in [0.1, 0.15) is 0 Å². The molecule has 0 spiro atoms. The number of hydrogen-bond donors (Lipinski definition) is 0. The molecular formula is C70H50N4. The van der Waals surface area contributed by atoms with Gasteiger partial charge in [0.05, 0.1) is 22.4 Å². The fourth-order valence-electron chi connectivity index (χ4n) is 10.5. The molecule has 13 rings (SSSR count). The molecular weight excluding hydrogens is 897 g/mol. The molecule has 2 aromatic heterocycles. The summed E-state index contributed by atoms with van der Waals surface area (Å²) >= 11 is 0. The molecule has 0 radical (unpaired) electrons. The fourth-order valence-corrected chi connectivity index (χ4v) is 10.5. The number of fused-ring (bicyclic) bond motifs is 2. The Labute approximate surface area is 432 Å². The highest BCUT2D eigenvalue weighted by Gasteiger charge is 2.21. The first-order chi connectivity index (χ1) is 36.7. The van der Waals surface area contributed by atoms with E-state index in [1.807, 2.05) is 0 Å². The van der Waals surface area contributed by atoms with E-state index in [0.717, 1.165) is 89.8 Å². The molecule has 0 unspecified atom stereocenters. The van der Waals surface area contributed by atoms with Crippen LogP contribution in [0.3, 0.4) is 0 Å². The van der Waals surface area contributed by atoms with Gasteiger partial charge in [0, 0.05) is 56.3 Å². The van der Waals surface area contributed by atoms with Crippen LogP contribution in [0.15, 0.2) is 303 Å². The van der Waals surface area contributed by atoms with E-state index in [4.69, 9.17) is 0 Å². The molecule has 74 heavy (non-hydrogen) atoms. The summed E-state index contributed by atoms with van der Waals surface area (Å²) in [6.45, 7) is 0. The van der Waals surface area contributed by atoms with E-state index in [1.165, 1.54) is 22.3 Å². The predicted molar refractivity (Wildman–Crippen MR) is 311 cm³/mol. The second-order valence-electron chi connectivity index (χ2n) is 18.6. The second kappa shape index (κ2) is 19.4. The topological polar surface area (TPSA) is 16.3 Å². The Morgan fingerprint density at radius 1 is 0.203 bits per heavy atom. The Kier molecular flexibility index (Phi) is 11.5. The van der Waals surface area contributed by atoms with Crippen molar-refractivity contribution >= 4 is 55.9 Å². The van der Waals surface area contributed by atoms with Gasteiger partial charge >= 0.3 is 0 Å². The van der Waals surface area contributed by atoms with E-state index in [-0.39, 0.29) is 0 Å². The second-order valence-corrected chi connectivity index (χ2v) is 18.6. The largest absolute Gasteiger partial charge is 0.311 e. The third-order valence-electron chi connectivity index (χ3n) is 14.1. The minimum absolute atomic E-state index is 1.08. The molecule has 0 bridgehead atoms. The van der Waals surface area contributed by atoms with Gasteiger partial charge in [-0.05, 0) is 155 Å². The molecule has 13 aromatic rings. The Balaban J connectivity index is 0.983. The van der Waals surface area contributed by atoms with Crippen molar-refractivity contribution in [3.63, 3.8) is 0 Å². The van der Waals surface area contributed by atoms with Gasteiger partial charge < -0.3 is 18.9 Å². The summed E-state index contributed by atoms with van der Waals surface area (Å²) in [7, 11) is 0. The van der Waals surface area contributed by atoms with Crippen molar-refractivity contribution < 1.29 is 0 Å². The summed E-state index contributed by atoms with van der Waals surface area (Å²) in [6.07, 6.45) is 0. The van der Waals surface area contributed by atoms with Crippen molar-refractivity contribution in [2.75, 3.05) is 9.80 Å². The van der Waals surface area contributed by atoms with Gasteiger partial charge in [0.15, 0.2) is 0 Å². The molecule has 0 amide bonds. The molecule has 4 heteroatoms. The Hall–Kier alpha value is -9.90. The van der Waals surface area contributed by atoms with E-state index in [2.05, 4.69) is 322 Å². The van der Waals surface area contributed by atoms with Gasteiger partial charge in [-0.3, -0.25) is 0 Å². The highest BCUT2D eigenvalue weighted by molar-refractivity contribution is 6.02. The summed E-state index contributed by atoms with van der Waals surface area (Å²) in [5, 5.41) is 2.31. The maximum atomic E-state index is 2.44. The lowest BCUT2D eigenvalue weighted by molar-refractivity contribution is 1.13. The molecule has 0 saturated heterocycles. The number of aromatic nitrogens is 2. The first-order valence-corrected chi connectivity index (χ1v) is 25.2. The molecule has 0 N–H and O–H groups in total. The quantitative estimate of drug-likeness (QED) is 0.121. The standard InChI is InChI=1S/C70H50N4/c1-7-19-51(20-8-1)53-31-35-55(36-32-53)67-47-57-49-70-58(50-69(57)73(67)65-43-39-63(40-44-65)71(59-23-11-3-12-24-59)60-25-13-4-14-26-60)48-68(56-37-33-54(34-38-56)52-21-9-2-10-22-52)74(70)66-45-41-64(42-46-66)72(61-27-15-5-16-28-61)62-29-17-6-18-30-62/h1-50H. The fraction of sp³-hybridized carbons (Fsp3) is 0. The molecule has 0 atom stereocenters. The van der Waals surface area contributed by atoms with Crippen LogP contribution in [-0.2, 0) is 0 Å². The third kappa shape index (κ3) is 8.40. The zero-order valence-electron chi connectivity index (χ0n) is 40.7. The van der Waals surface area contributed by atoms with Gasteiger partial charge in [0.25, 0.3) is 0 Å². The summed E-state index contributed by atoms with van der Waals surface area (Å²) in [5.74, 6) is 0. The Bertz CT molecular complexity index is 3640. The van der Waals surface area contributed by atoms with Crippen molar-refractivity contribution in [2.45, 2.75) is 0 Å². The molecule has 11 aromatic carbocycles. The first-order valence-electron chi connectivity index (χ1n) is 25.2. The number of para-hydroxylation sites is 4. The Morgan fingerprint density at radius 2 is 0.446 bits per heavy atom. The third-order valence-corrected chi connectivity index (χ3v) is 14.1. The maximum absolute atomic E-state index is 2.44. The lowest BCUT2D eigenvalue weighted by atomic mass is 10.0. The highest BCUT2D eigenvalue weighted by Crippen LogP contribution is 2.42. The molecule has 0 aliphatic rings. The summed E-state index contributed by atoms with van der Waals surface area (Å²) in [5.41, 5.74) is 20.3. The minimum atomic E-state index is 1.08. The maximum Gasteiger partial charge on any atom is 0.0542 e.